The van der Waals surface area contributed by atoms with Gasteiger partial charge in [0, 0.05) is 37.0 Å². The quantitative estimate of drug-likeness (QED) is 0.624. The van der Waals surface area contributed by atoms with Gasteiger partial charge in [-0.25, -0.2) is 0 Å². The van der Waals surface area contributed by atoms with E-state index in [0.29, 0.717) is 6.04 Å². The molecule has 0 aliphatic carbocycles. The Balaban J connectivity index is 1.54. The lowest BCUT2D eigenvalue weighted by Gasteiger charge is -2.35. The molecule has 1 fully saturated rings. The van der Waals surface area contributed by atoms with Crippen molar-refractivity contribution in [1.82, 2.24) is 5.32 Å². The van der Waals surface area contributed by atoms with Gasteiger partial charge in [-0.3, -0.25) is 10.1 Å². The number of nitrogens with zero attached hydrogens (tertiary/aromatic N) is 2. The lowest BCUT2D eigenvalue weighted by molar-refractivity contribution is -0.384. The van der Waals surface area contributed by atoms with Crippen molar-refractivity contribution in [3.8, 4) is 0 Å². The van der Waals surface area contributed by atoms with Crippen LogP contribution in [0.4, 0.5) is 11.4 Å². The Labute approximate surface area is 140 Å². The maximum absolute atomic E-state index is 10.7. The summed E-state index contributed by atoms with van der Waals surface area (Å²) < 4.78 is 5.36. The van der Waals surface area contributed by atoms with Crippen molar-refractivity contribution in [3.63, 3.8) is 0 Å². The SMILES string of the molecule is O=[N+]([O-])c1ccc(N2CCC(NC(CO)c3ccco3)CC2)cc1. The molecule has 0 saturated carbocycles. The molecular weight excluding hydrogens is 310 g/mol. The third-order valence-electron chi connectivity index (χ3n) is 4.43. The monoisotopic (exact) mass is 331 g/mol. The molecule has 0 radical (unpaired) electrons. The summed E-state index contributed by atoms with van der Waals surface area (Å²) in [7, 11) is 0. The van der Waals surface area contributed by atoms with Gasteiger partial charge in [-0.15, -0.1) is 0 Å². The summed E-state index contributed by atoms with van der Waals surface area (Å²) in [6.07, 6.45) is 3.49. The molecule has 1 atom stereocenters. The molecule has 1 aliphatic rings. The zero-order valence-corrected chi connectivity index (χ0v) is 13.3. The number of aliphatic hydroxyl groups is 1. The van der Waals surface area contributed by atoms with Crippen LogP contribution in [0.1, 0.15) is 24.6 Å². The molecule has 24 heavy (non-hydrogen) atoms. The van der Waals surface area contributed by atoms with Crippen molar-refractivity contribution < 1.29 is 14.4 Å². The predicted octanol–water partition coefficient (Wildman–Crippen LogP) is 2.48. The number of nitrogens with one attached hydrogen (secondary N) is 1. The molecule has 2 N–H and O–H groups in total. The normalized spacial score (nSPS) is 17.0. The van der Waals surface area contributed by atoms with Gasteiger partial charge in [-0.1, -0.05) is 0 Å². The number of nitro groups is 1. The van der Waals surface area contributed by atoms with Crippen molar-refractivity contribution in [2.75, 3.05) is 24.6 Å². The van der Waals surface area contributed by atoms with E-state index in [-0.39, 0.29) is 23.3 Å². The fraction of sp³-hybridized carbons (Fsp3) is 0.412. The predicted molar refractivity (Wildman–Crippen MR) is 90.0 cm³/mol. The third kappa shape index (κ3) is 3.74. The van der Waals surface area contributed by atoms with Gasteiger partial charge >= 0.3 is 0 Å². The molecule has 0 amide bonds. The van der Waals surface area contributed by atoms with E-state index in [1.807, 2.05) is 12.1 Å². The van der Waals surface area contributed by atoms with E-state index in [1.165, 1.54) is 0 Å². The van der Waals surface area contributed by atoms with E-state index in [1.54, 1.807) is 30.5 Å². The Morgan fingerprint density at radius 1 is 1.29 bits per heavy atom. The van der Waals surface area contributed by atoms with Crippen molar-refractivity contribution in [1.29, 1.82) is 0 Å². The van der Waals surface area contributed by atoms with Crippen LogP contribution in [0.5, 0.6) is 0 Å². The average Bonchev–Trinajstić information content (AvgIpc) is 3.15. The number of piperidine rings is 1. The third-order valence-corrected chi connectivity index (χ3v) is 4.43. The summed E-state index contributed by atoms with van der Waals surface area (Å²) in [5.41, 5.74) is 1.11. The molecule has 1 unspecified atom stereocenters. The smallest absolute Gasteiger partial charge is 0.269 e. The zero-order valence-electron chi connectivity index (χ0n) is 13.3. The molecule has 128 valence electrons. The molecule has 2 aromatic rings. The summed E-state index contributed by atoms with van der Waals surface area (Å²) in [5.74, 6) is 0.746. The fourth-order valence-electron chi connectivity index (χ4n) is 3.09. The first-order valence-electron chi connectivity index (χ1n) is 8.07. The van der Waals surface area contributed by atoms with E-state index in [0.717, 1.165) is 37.4 Å². The number of hydrogen-bond acceptors (Lipinski definition) is 6. The van der Waals surface area contributed by atoms with Gasteiger partial charge in [0.2, 0.25) is 0 Å². The first-order chi connectivity index (χ1) is 11.7. The molecule has 7 heteroatoms. The maximum Gasteiger partial charge on any atom is 0.269 e. The first kappa shape index (κ1) is 16.5. The second kappa shape index (κ2) is 7.46. The minimum absolute atomic E-state index is 0.00389. The number of furan rings is 1. The zero-order chi connectivity index (χ0) is 16.9. The molecule has 2 heterocycles. The number of aliphatic hydroxyl groups excluding tert-OH is 1. The van der Waals surface area contributed by atoms with Crippen molar-refractivity contribution in [2.24, 2.45) is 0 Å². The summed E-state index contributed by atoms with van der Waals surface area (Å²) in [4.78, 5) is 12.6. The molecule has 1 aromatic carbocycles. The van der Waals surface area contributed by atoms with E-state index in [2.05, 4.69) is 10.2 Å². The first-order valence-corrected chi connectivity index (χ1v) is 8.07. The molecule has 3 rings (SSSR count). The largest absolute Gasteiger partial charge is 0.468 e. The van der Waals surface area contributed by atoms with Gasteiger partial charge in [-0.05, 0) is 37.1 Å². The van der Waals surface area contributed by atoms with E-state index in [9.17, 15) is 15.2 Å². The number of hydrogen-bond donors (Lipinski definition) is 2. The number of rotatable bonds is 6. The molecule has 1 aromatic heterocycles. The number of non-ortho nitro benzene ring substituents is 1. The Morgan fingerprint density at radius 2 is 2.00 bits per heavy atom. The molecule has 1 aliphatic heterocycles. The standard InChI is InChI=1S/C17H21N3O4/c21-12-16(17-2-1-11-24-17)18-13-7-9-19(10-8-13)14-3-5-15(6-4-14)20(22)23/h1-6,11,13,16,18,21H,7-10,12H2. The van der Waals surface area contributed by atoms with Crippen molar-refractivity contribution in [2.45, 2.75) is 24.9 Å². The molecule has 0 spiro atoms. The minimum Gasteiger partial charge on any atom is -0.468 e. The number of benzene rings is 1. The molecule has 1 saturated heterocycles. The topological polar surface area (TPSA) is 91.8 Å². The summed E-state index contributed by atoms with van der Waals surface area (Å²) in [5, 5.41) is 23.7. The van der Waals surface area contributed by atoms with Crippen LogP contribution < -0.4 is 10.2 Å². The summed E-state index contributed by atoms with van der Waals surface area (Å²) in [6.45, 7) is 1.73. The van der Waals surface area contributed by atoms with Crippen LogP contribution in [0.3, 0.4) is 0 Å². The fourth-order valence-corrected chi connectivity index (χ4v) is 3.09. The minimum atomic E-state index is -0.385. The van der Waals surface area contributed by atoms with Gasteiger partial charge < -0.3 is 19.7 Å². The Hall–Kier alpha value is -2.38. The van der Waals surface area contributed by atoms with Gasteiger partial charge in [0.1, 0.15) is 5.76 Å². The average molecular weight is 331 g/mol. The highest BCUT2D eigenvalue weighted by molar-refractivity contribution is 5.51. The van der Waals surface area contributed by atoms with Crippen LogP contribution in [0, 0.1) is 10.1 Å². The highest BCUT2D eigenvalue weighted by Gasteiger charge is 2.23. The Bertz CT molecular complexity index is 649. The number of nitro benzene ring substituents is 1. The van der Waals surface area contributed by atoms with Crippen molar-refractivity contribution in [3.05, 3.63) is 58.5 Å². The van der Waals surface area contributed by atoms with E-state index >= 15 is 0 Å². The highest BCUT2D eigenvalue weighted by atomic mass is 16.6. The number of anilines is 1. The van der Waals surface area contributed by atoms with Crippen LogP contribution in [0.2, 0.25) is 0 Å². The van der Waals surface area contributed by atoms with Crippen LogP contribution in [-0.2, 0) is 0 Å². The maximum atomic E-state index is 10.7. The Morgan fingerprint density at radius 3 is 2.54 bits per heavy atom. The van der Waals surface area contributed by atoms with Gasteiger partial charge in [-0.2, -0.15) is 0 Å². The van der Waals surface area contributed by atoms with E-state index < -0.39 is 0 Å². The summed E-state index contributed by atoms with van der Waals surface area (Å²) in [6, 6.07) is 10.5. The molecule has 7 nitrogen and oxygen atoms in total. The van der Waals surface area contributed by atoms with Crippen LogP contribution in [0.15, 0.2) is 47.1 Å². The van der Waals surface area contributed by atoms with Gasteiger partial charge in [0.15, 0.2) is 0 Å². The summed E-state index contributed by atoms with van der Waals surface area (Å²) >= 11 is 0. The lowest BCUT2D eigenvalue weighted by atomic mass is 10.0. The lowest BCUT2D eigenvalue weighted by Crippen LogP contribution is -2.44. The highest BCUT2D eigenvalue weighted by Crippen LogP contribution is 2.24. The van der Waals surface area contributed by atoms with Gasteiger partial charge in [0.05, 0.1) is 23.8 Å². The van der Waals surface area contributed by atoms with Crippen molar-refractivity contribution >= 4 is 11.4 Å². The second-order valence-electron chi connectivity index (χ2n) is 5.95. The van der Waals surface area contributed by atoms with Crippen LogP contribution in [-0.4, -0.2) is 35.8 Å². The molecular formula is C17H21N3O4. The molecule has 0 bridgehead atoms. The Kier molecular flexibility index (Phi) is 5.12. The second-order valence-corrected chi connectivity index (χ2v) is 5.95. The van der Waals surface area contributed by atoms with Crippen LogP contribution >= 0.6 is 0 Å². The van der Waals surface area contributed by atoms with Gasteiger partial charge in [0.25, 0.3) is 5.69 Å². The van der Waals surface area contributed by atoms with Crippen LogP contribution in [0.25, 0.3) is 0 Å². The van der Waals surface area contributed by atoms with E-state index in [4.69, 9.17) is 4.42 Å².